The van der Waals surface area contributed by atoms with Crippen molar-refractivity contribution in [1.29, 1.82) is 0 Å². The van der Waals surface area contributed by atoms with E-state index >= 15 is 0 Å². The Morgan fingerprint density at radius 3 is 1.18 bits per heavy atom. The summed E-state index contributed by atoms with van der Waals surface area (Å²) in [6.45, 7) is 4.33. The molecule has 1 aliphatic heterocycles. The van der Waals surface area contributed by atoms with Gasteiger partial charge in [0.15, 0.2) is 6.29 Å². The van der Waals surface area contributed by atoms with E-state index < -0.39 is 49.5 Å². The third-order valence-electron chi connectivity index (χ3n) is 17.6. The van der Waals surface area contributed by atoms with Gasteiger partial charge in [0.2, 0.25) is 5.91 Å². The number of hydrogen-bond acceptors (Lipinski definition) is 10. The molecule has 84 heavy (non-hydrogen) atoms. The van der Waals surface area contributed by atoms with Crippen molar-refractivity contribution in [2.24, 2.45) is 0 Å². The molecule has 0 saturated carbocycles. The number of carbonyl (C=O) groups excluding carboxylic acids is 2. The van der Waals surface area contributed by atoms with Gasteiger partial charge >= 0.3 is 5.97 Å². The number of aliphatic hydroxyl groups is 5. The molecule has 0 aromatic carbocycles. The summed E-state index contributed by atoms with van der Waals surface area (Å²) in [6.07, 6.45) is 69.2. The molecule has 1 rings (SSSR count). The van der Waals surface area contributed by atoms with Crippen molar-refractivity contribution in [3.63, 3.8) is 0 Å². The third-order valence-corrected chi connectivity index (χ3v) is 17.6. The molecule has 1 amide bonds. The van der Waals surface area contributed by atoms with Gasteiger partial charge in [-0.25, -0.2) is 0 Å². The minimum absolute atomic E-state index is 0.0159. The first-order chi connectivity index (χ1) is 41.2. The SMILES string of the molecule is CCCCCC/C=C/CC/C=C/C(O)C(COC1OC(CO)C(O)C(O)C1O)NC(=O)CCCCCCCCCCCCCCCCCCCCCCCCCCCCCCCCCCCCCOC(=O)CCCCCCCCCCCCC. The molecular formula is C73H139NO10. The maximum absolute atomic E-state index is 13.0. The molecule has 11 heteroatoms. The maximum atomic E-state index is 13.0. The summed E-state index contributed by atoms with van der Waals surface area (Å²) in [4.78, 5) is 25.0. The van der Waals surface area contributed by atoms with Crippen molar-refractivity contribution < 1.29 is 49.3 Å². The molecule has 7 unspecified atom stereocenters. The van der Waals surface area contributed by atoms with Gasteiger partial charge in [-0.05, 0) is 44.9 Å². The van der Waals surface area contributed by atoms with Crippen LogP contribution in [0.4, 0.5) is 0 Å². The Kier molecular flexibility index (Phi) is 59.9. The number of unbranched alkanes of at least 4 members (excludes halogenated alkanes) is 49. The Labute approximate surface area is 518 Å². The molecule has 0 bridgehead atoms. The molecule has 0 spiro atoms. The molecule has 11 nitrogen and oxygen atoms in total. The molecule has 496 valence electrons. The van der Waals surface area contributed by atoms with E-state index in [9.17, 15) is 35.1 Å². The summed E-state index contributed by atoms with van der Waals surface area (Å²) < 4.78 is 16.7. The van der Waals surface area contributed by atoms with Crippen LogP contribution in [0.1, 0.15) is 367 Å². The van der Waals surface area contributed by atoms with Crippen molar-refractivity contribution >= 4 is 11.9 Å². The summed E-state index contributed by atoms with van der Waals surface area (Å²) in [5.41, 5.74) is 0. The van der Waals surface area contributed by atoms with Gasteiger partial charge in [-0.1, -0.05) is 334 Å². The Bertz CT molecular complexity index is 1440. The number of aliphatic hydroxyl groups excluding tert-OH is 5. The van der Waals surface area contributed by atoms with Gasteiger partial charge < -0.3 is 45.1 Å². The quantitative estimate of drug-likeness (QED) is 0.0195. The van der Waals surface area contributed by atoms with Crippen molar-refractivity contribution in [1.82, 2.24) is 5.32 Å². The Hall–Kier alpha value is -1.86. The molecule has 1 fully saturated rings. The number of esters is 1. The Morgan fingerprint density at radius 2 is 0.774 bits per heavy atom. The van der Waals surface area contributed by atoms with Gasteiger partial charge in [0, 0.05) is 12.8 Å². The molecule has 0 radical (unpaired) electrons. The average molecular weight is 1190 g/mol. The molecule has 0 aliphatic carbocycles. The van der Waals surface area contributed by atoms with Crippen LogP contribution < -0.4 is 5.32 Å². The standard InChI is InChI=1S/C73H139NO10/c1-3-5-7-9-11-13-40-45-49-53-57-61-69(78)82-62-58-54-50-46-42-39-37-35-33-31-29-27-25-23-21-19-17-15-16-18-20-22-24-26-28-30-32-34-36-38-41-44-48-52-56-60-68(77)74-65(64-83-73-72(81)71(80)70(79)67(63-75)84-73)66(76)59-55-51-47-43-14-12-10-8-6-4-2/h14,43,55,59,65-67,70-73,75-76,79-81H,3-13,15-42,44-54,56-58,60-64H2,1-2H3,(H,74,77)/b43-14+,59-55+. The highest BCUT2D eigenvalue weighted by atomic mass is 16.7. The first-order valence-corrected chi connectivity index (χ1v) is 36.6. The van der Waals surface area contributed by atoms with E-state index in [0.717, 1.165) is 51.4 Å². The second-order valence-electron chi connectivity index (χ2n) is 25.7. The number of amides is 1. The zero-order valence-corrected chi connectivity index (χ0v) is 55.1. The van der Waals surface area contributed by atoms with Gasteiger partial charge in [0.05, 0.1) is 32.0 Å². The van der Waals surface area contributed by atoms with Crippen LogP contribution in [0.2, 0.25) is 0 Å². The number of rotatable bonds is 65. The summed E-state index contributed by atoms with van der Waals surface area (Å²) in [5, 5.41) is 54.3. The van der Waals surface area contributed by atoms with Crippen LogP contribution in [0.3, 0.4) is 0 Å². The monoisotopic (exact) mass is 1190 g/mol. The molecule has 1 heterocycles. The molecule has 1 saturated heterocycles. The molecule has 0 aromatic rings. The van der Waals surface area contributed by atoms with E-state index in [1.54, 1.807) is 6.08 Å². The Morgan fingerprint density at radius 1 is 0.429 bits per heavy atom. The van der Waals surface area contributed by atoms with Crippen molar-refractivity contribution in [3.8, 4) is 0 Å². The Balaban J connectivity index is 1.89. The second-order valence-corrected chi connectivity index (χ2v) is 25.7. The molecule has 1 aliphatic rings. The zero-order valence-electron chi connectivity index (χ0n) is 55.1. The number of carbonyl (C=O) groups is 2. The highest BCUT2D eigenvalue weighted by Gasteiger charge is 2.44. The number of allylic oxidation sites excluding steroid dienone is 3. The van der Waals surface area contributed by atoms with Crippen LogP contribution in [0, 0.1) is 0 Å². The molecule has 6 N–H and O–H groups in total. The maximum Gasteiger partial charge on any atom is 0.305 e. The van der Waals surface area contributed by atoms with Crippen molar-refractivity contribution in [3.05, 3.63) is 24.3 Å². The van der Waals surface area contributed by atoms with E-state index in [2.05, 4.69) is 31.3 Å². The fraction of sp³-hybridized carbons (Fsp3) is 0.918. The van der Waals surface area contributed by atoms with Crippen LogP contribution in [0.25, 0.3) is 0 Å². The van der Waals surface area contributed by atoms with Gasteiger partial charge in [-0.2, -0.15) is 0 Å². The zero-order chi connectivity index (χ0) is 60.9. The average Bonchev–Trinajstić information content (AvgIpc) is 3.69. The predicted molar refractivity (Wildman–Crippen MR) is 352 cm³/mol. The van der Waals surface area contributed by atoms with Gasteiger partial charge in [0.25, 0.3) is 0 Å². The predicted octanol–water partition coefficient (Wildman–Crippen LogP) is 18.8. The lowest BCUT2D eigenvalue weighted by Crippen LogP contribution is -2.60. The molecule has 7 atom stereocenters. The van der Waals surface area contributed by atoms with Crippen LogP contribution in [-0.4, -0.2) is 100 Å². The fourth-order valence-corrected chi connectivity index (χ4v) is 11.8. The van der Waals surface area contributed by atoms with Gasteiger partial charge in [-0.15, -0.1) is 0 Å². The lowest BCUT2D eigenvalue weighted by molar-refractivity contribution is -0.302. The van der Waals surface area contributed by atoms with Gasteiger partial charge in [-0.3, -0.25) is 9.59 Å². The second kappa shape index (κ2) is 62.7. The lowest BCUT2D eigenvalue weighted by atomic mass is 9.99. The topological polar surface area (TPSA) is 175 Å². The normalized spacial score (nSPS) is 18.1. The molecular weight excluding hydrogens is 1050 g/mol. The first kappa shape index (κ1) is 80.2. The largest absolute Gasteiger partial charge is 0.466 e. The minimum atomic E-state index is -1.57. The van der Waals surface area contributed by atoms with E-state index in [-0.39, 0.29) is 18.5 Å². The summed E-state index contributed by atoms with van der Waals surface area (Å²) in [5.74, 6) is -0.171. The minimum Gasteiger partial charge on any atom is -0.466 e. The number of nitrogens with one attached hydrogen (secondary N) is 1. The van der Waals surface area contributed by atoms with E-state index in [1.807, 2.05) is 6.08 Å². The first-order valence-electron chi connectivity index (χ1n) is 36.6. The van der Waals surface area contributed by atoms with Crippen molar-refractivity contribution in [2.45, 2.75) is 410 Å². The highest BCUT2D eigenvalue weighted by Crippen LogP contribution is 2.24. The highest BCUT2D eigenvalue weighted by molar-refractivity contribution is 5.76. The fourth-order valence-electron chi connectivity index (χ4n) is 11.8. The smallest absolute Gasteiger partial charge is 0.305 e. The molecule has 0 aromatic heterocycles. The van der Waals surface area contributed by atoms with Gasteiger partial charge in [0.1, 0.15) is 24.4 Å². The number of ether oxygens (including phenoxy) is 3. The third kappa shape index (κ3) is 51.1. The lowest BCUT2D eigenvalue weighted by Gasteiger charge is -2.40. The van der Waals surface area contributed by atoms with Crippen LogP contribution >= 0.6 is 0 Å². The van der Waals surface area contributed by atoms with E-state index in [0.29, 0.717) is 19.4 Å². The van der Waals surface area contributed by atoms with Crippen molar-refractivity contribution in [2.75, 3.05) is 19.8 Å². The van der Waals surface area contributed by atoms with E-state index in [4.69, 9.17) is 14.2 Å². The summed E-state index contributed by atoms with van der Waals surface area (Å²) in [6, 6.07) is -0.822. The van der Waals surface area contributed by atoms with Crippen LogP contribution in [0.5, 0.6) is 0 Å². The summed E-state index contributed by atoms with van der Waals surface area (Å²) in [7, 11) is 0. The van der Waals surface area contributed by atoms with Crippen LogP contribution in [0.15, 0.2) is 24.3 Å². The summed E-state index contributed by atoms with van der Waals surface area (Å²) >= 11 is 0. The number of hydrogen-bond donors (Lipinski definition) is 6. The van der Waals surface area contributed by atoms with E-state index in [1.165, 1.54) is 289 Å². The van der Waals surface area contributed by atoms with Crippen LogP contribution in [-0.2, 0) is 23.8 Å².